The van der Waals surface area contributed by atoms with Crippen molar-refractivity contribution in [3.63, 3.8) is 0 Å². The number of thiocarbonyl (C=S) groups is 1. The minimum absolute atomic E-state index is 0.842. The van der Waals surface area contributed by atoms with Crippen LogP contribution in [0.1, 0.15) is 42.2 Å². The third-order valence-electron chi connectivity index (χ3n) is 5.29. The lowest BCUT2D eigenvalue weighted by molar-refractivity contribution is 0.307. The fourth-order valence-corrected chi connectivity index (χ4v) is 4.70. The van der Waals surface area contributed by atoms with Crippen LogP contribution in [0.2, 0.25) is 0 Å². The summed E-state index contributed by atoms with van der Waals surface area (Å²) in [5.41, 5.74) is 3.76. The van der Waals surface area contributed by atoms with Gasteiger partial charge in [-0.15, -0.1) is 11.3 Å². The molecule has 0 amide bonds. The number of likely N-dealkylation sites (tertiary alicyclic amines) is 1. The van der Waals surface area contributed by atoms with Gasteiger partial charge in [0.1, 0.15) is 0 Å². The summed E-state index contributed by atoms with van der Waals surface area (Å²) in [6.45, 7) is 9.93. The fraction of sp³-hybridized carbons (Fsp3) is 0.500. The molecule has 1 saturated heterocycles. The maximum absolute atomic E-state index is 5.85. The zero-order valence-electron chi connectivity index (χ0n) is 16.5. The summed E-state index contributed by atoms with van der Waals surface area (Å²) in [5, 5.41) is 6.55. The number of para-hydroxylation sites is 1. The van der Waals surface area contributed by atoms with Crippen molar-refractivity contribution >= 4 is 34.4 Å². The quantitative estimate of drug-likeness (QED) is 0.604. The van der Waals surface area contributed by atoms with Gasteiger partial charge >= 0.3 is 0 Å². The maximum atomic E-state index is 5.85. The van der Waals surface area contributed by atoms with Crippen LogP contribution in [-0.2, 0) is 13.0 Å². The molecule has 0 aliphatic carbocycles. The summed E-state index contributed by atoms with van der Waals surface area (Å²) in [5.74, 6) is 0. The first-order valence-corrected chi connectivity index (χ1v) is 11.4. The average Bonchev–Trinajstić information content (AvgIpc) is 3.36. The standard InChI is InChI=1S/C22H31N3S2/c1-3-19-10-6-9-18(2)21(19)23-22(26)25(17-20-11-7-16-27-20)15-8-14-24-12-4-5-13-24/h6-7,9-11,16H,3-5,8,12-15,17H2,1-2H3,(H,23,26). The predicted molar refractivity (Wildman–Crippen MR) is 122 cm³/mol. The van der Waals surface area contributed by atoms with E-state index in [2.05, 4.69) is 64.7 Å². The largest absolute Gasteiger partial charge is 0.344 e. The van der Waals surface area contributed by atoms with E-state index in [0.717, 1.165) is 31.0 Å². The van der Waals surface area contributed by atoms with Gasteiger partial charge in [-0.05, 0) is 87.0 Å². The minimum Gasteiger partial charge on any atom is -0.344 e. The Kier molecular flexibility index (Phi) is 7.68. The van der Waals surface area contributed by atoms with E-state index in [9.17, 15) is 0 Å². The molecule has 1 aromatic carbocycles. The Morgan fingerprint density at radius 1 is 1.22 bits per heavy atom. The van der Waals surface area contributed by atoms with Crippen LogP contribution in [0.15, 0.2) is 35.7 Å². The lowest BCUT2D eigenvalue weighted by Crippen LogP contribution is -2.36. The molecule has 1 aliphatic rings. The van der Waals surface area contributed by atoms with E-state index in [4.69, 9.17) is 12.2 Å². The third kappa shape index (κ3) is 5.77. The maximum Gasteiger partial charge on any atom is 0.173 e. The van der Waals surface area contributed by atoms with Crippen LogP contribution in [0.25, 0.3) is 0 Å². The Balaban J connectivity index is 1.66. The smallest absolute Gasteiger partial charge is 0.173 e. The summed E-state index contributed by atoms with van der Waals surface area (Å²) in [4.78, 5) is 6.28. The topological polar surface area (TPSA) is 18.5 Å². The molecule has 5 heteroatoms. The highest BCUT2D eigenvalue weighted by Crippen LogP contribution is 2.22. The van der Waals surface area contributed by atoms with Crippen molar-refractivity contribution in [3.8, 4) is 0 Å². The lowest BCUT2D eigenvalue weighted by atomic mass is 10.1. The molecule has 1 aliphatic heterocycles. The summed E-state index contributed by atoms with van der Waals surface area (Å²) in [6, 6.07) is 10.8. The predicted octanol–water partition coefficient (Wildman–Crippen LogP) is 5.30. The number of anilines is 1. The Bertz CT molecular complexity index is 721. The van der Waals surface area contributed by atoms with Gasteiger partial charge in [-0.2, -0.15) is 0 Å². The van der Waals surface area contributed by atoms with E-state index in [0.29, 0.717) is 0 Å². The number of hydrogen-bond donors (Lipinski definition) is 1. The van der Waals surface area contributed by atoms with Crippen LogP contribution >= 0.6 is 23.6 Å². The van der Waals surface area contributed by atoms with E-state index >= 15 is 0 Å². The monoisotopic (exact) mass is 401 g/mol. The van der Waals surface area contributed by atoms with E-state index in [-0.39, 0.29) is 0 Å². The van der Waals surface area contributed by atoms with Crippen molar-refractivity contribution in [3.05, 3.63) is 51.7 Å². The SMILES string of the molecule is CCc1cccc(C)c1NC(=S)N(CCCN1CCCC1)Cc1cccs1. The minimum atomic E-state index is 0.842. The number of benzene rings is 1. The molecular weight excluding hydrogens is 370 g/mol. The average molecular weight is 402 g/mol. The van der Waals surface area contributed by atoms with Gasteiger partial charge in [0.2, 0.25) is 0 Å². The van der Waals surface area contributed by atoms with Crippen molar-refractivity contribution in [2.24, 2.45) is 0 Å². The number of rotatable bonds is 8. The molecule has 0 atom stereocenters. The zero-order chi connectivity index (χ0) is 19.1. The molecule has 0 saturated carbocycles. The van der Waals surface area contributed by atoms with Gasteiger partial charge in [0.15, 0.2) is 5.11 Å². The van der Waals surface area contributed by atoms with Gasteiger partial charge < -0.3 is 15.1 Å². The summed E-state index contributed by atoms with van der Waals surface area (Å²) in [6.07, 6.45) is 4.87. The third-order valence-corrected chi connectivity index (χ3v) is 6.51. The Morgan fingerprint density at radius 2 is 2.04 bits per heavy atom. The van der Waals surface area contributed by atoms with Crippen LogP contribution in [0.3, 0.4) is 0 Å². The van der Waals surface area contributed by atoms with Crippen molar-refractivity contribution in [2.75, 3.05) is 31.5 Å². The first-order valence-electron chi connectivity index (χ1n) is 10.1. The molecular formula is C22H31N3S2. The van der Waals surface area contributed by atoms with E-state index in [1.165, 1.54) is 54.2 Å². The zero-order valence-corrected chi connectivity index (χ0v) is 18.2. The van der Waals surface area contributed by atoms with Crippen molar-refractivity contribution in [1.29, 1.82) is 0 Å². The molecule has 3 rings (SSSR count). The first kappa shape index (κ1) is 20.3. The second kappa shape index (κ2) is 10.2. The molecule has 27 heavy (non-hydrogen) atoms. The van der Waals surface area contributed by atoms with Crippen molar-refractivity contribution in [2.45, 2.75) is 46.1 Å². The summed E-state index contributed by atoms with van der Waals surface area (Å²) in [7, 11) is 0. The molecule has 1 N–H and O–H groups in total. The number of nitrogens with zero attached hydrogens (tertiary/aromatic N) is 2. The molecule has 0 unspecified atom stereocenters. The molecule has 2 aromatic rings. The fourth-order valence-electron chi connectivity index (χ4n) is 3.72. The van der Waals surface area contributed by atoms with E-state index in [1.807, 2.05) is 0 Å². The number of nitrogens with one attached hydrogen (secondary N) is 1. The van der Waals surface area contributed by atoms with Crippen LogP contribution in [0.4, 0.5) is 5.69 Å². The second-order valence-electron chi connectivity index (χ2n) is 7.30. The van der Waals surface area contributed by atoms with Crippen LogP contribution in [0.5, 0.6) is 0 Å². The van der Waals surface area contributed by atoms with Gasteiger partial charge in [0, 0.05) is 17.1 Å². The Morgan fingerprint density at radius 3 is 2.74 bits per heavy atom. The lowest BCUT2D eigenvalue weighted by Gasteiger charge is -2.27. The molecule has 0 spiro atoms. The number of thiophene rings is 1. The highest BCUT2D eigenvalue weighted by molar-refractivity contribution is 7.80. The molecule has 0 radical (unpaired) electrons. The van der Waals surface area contributed by atoms with Gasteiger partial charge in [-0.1, -0.05) is 31.2 Å². The molecule has 1 fully saturated rings. The van der Waals surface area contributed by atoms with Gasteiger partial charge in [0.25, 0.3) is 0 Å². The van der Waals surface area contributed by atoms with Crippen LogP contribution in [0, 0.1) is 6.92 Å². The Labute approximate surface area is 173 Å². The first-order chi connectivity index (χ1) is 13.2. The normalized spacial score (nSPS) is 14.4. The highest BCUT2D eigenvalue weighted by Gasteiger charge is 2.16. The van der Waals surface area contributed by atoms with Crippen LogP contribution < -0.4 is 5.32 Å². The summed E-state index contributed by atoms with van der Waals surface area (Å²) >= 11 is 7.66. The van der Waals surface area contributed by atoms with Crippen molar-refractivity contribution < 1.29 is 0 Å². The molecule has 0 bridgehead atoms. The molecule has 3 nitrogen and oxygen atoms in total. The van der Waals surface area contributed by atoms with Gasteiger partial charge in [-0.3, -0.25) is 0 Å². The number of aryl methyl sites for hydroxylation is 2. The van der Waals surface area contributed by atoms with Gasteiger partial charge in [0.05, 0.1) is 6.54 Å². The molecule has 2 heterocycles. The Hall–Kier alpha value is -1.43. The summed E-state index contributed by atoms with van der Waals surface area (Å²) < 4.78 is 0. The highest BCUT2D eigenvalue weighted by atomic mass is 32.1. The van der Waals surface area contributed by atoms with Gasteiger partial charge in [-0.25, -0.2) is 0 Å². The van der Waals surface area contributed by atoms with E-state index in [1.54, 1.807) is 11.3 Å². The van der Waals surface area contributed by atoms with Crippen LogP contribution in [-0.4, -0.2) is 41.1 Å². The van der Waals surface area contributed by atoms with Crippen molar-refractivity contribution in [1.82, 2.24) is 9.80 Å². The molecule has 1 aromatic heterocycles. The second-order valence-corrected chi connectivity index (χ2v) is 8.71. The number of hydrogen-bond acceptors (Lipinski definition) is 3. The van der Waals surface area contributed by atoms with E-state index < -0.39 is 0 Å². The molecule has 146 valence electrons.